The van der Waals surface area contributed by atoms with E-state index in [0.717, 1.165) is 26.1 Å². The molecule has 0 bridgehead atoms. The first-order valence-corrected chi connectivity index (χ1v) is 3.60. The molecule has 0 aromatic carbocycles. The molecule has 0 heterocycles. The first-order valence-electron chi connectivity index (χ1n) is 3.60. The van der Waals surface area contributed by atoms with Crippen LogP contribution < -0.4 is 5.32 Å². The molecule has 0 saturated carbocycles. The normalized spacial score (nSPS) is 10.9. The van der Waals surface area contributed by atoms with Crippen molar-refractivity contribution in [3.05, 3.63) is 0 Å². The monoisotopic (exact) mass is 128 g/mol. The molecule has 1 N–H and O–H groups in total. The second-order valence-electron chi connectivity index (χ2n) is 1.82. The number of rotatable bonds is 5. The van der Waals surface area contributed by atoms with Gasteiger partial charge in [-0.1, -0.05) is 6.92 Å². The Balaban J connectivity index is 2.82. The minimum atomic E-state index is 0.909. The van der Waals surface area contributed by atoms with Crippen molar-refractivity contribution in [2.45, 2.75) is 20.3 Å². The lowest BCUT2D eigenvalue weighted by atomic mass is 10.4. The van der Waals surface area contributed by atoms with Gasteiger partial charge < -0.3 is 5.32 Å². The molecule has 0 fully saturated rings. The second kappa shape index (κ2) is 7.63. The van der Waals surface area contributed by atoms with Crippen molar-refractivity contribution in [3.63, 3.8) is 0 Å². The highest BCUT2D eigenvalue weighted by molar-refractivity contribution is 5.57. The average Bonchev–Trinajstić information content (AvgIpc) is 1.89. The Labute approximate surface area is 57.4 Å². The van der Waals surface area contributed by atoms with Crippen LogP contribution in [0.5, 0.6) is 0 Å². The molecule has 0 atom stereocenters. The largest absolute Gasteiger partial charge is 0.317 e. The number of hydrogen-bond donors (Lipinski definition) is 1. The van der Waals surface area contributed by atoms with Crippen LogP contribution in [0.4, 0.5) is 0 Å². The molecule has 0 rings (SSSR count). The van der Waals surface area contributed by atoms with E-state index in [-0.39, 0.29) is 0 Å². The van der Waals surface area contributed by atoms with Crippen LogP contribution in [0.2, 0.25) is 0 Å². The standard InChI is InChI=1S/C7H16N2/c1-3-8-6-5-7-9-4-2/h6,9H,3-5,7H2,1-2H3/b8-6-. The molecule has 0 unspecified atom stereocenters. The summed E-state index contributed by atoms with van der Waals surface area (Å²) in [5, 5.41) is 3.22. The highest BCUT2D eigenvalue weighted by Crippen LogP contribution is 1.70. The van der Waals surface area contributed by atoms with E-state index in [1.165, 1.54) is 0 Å². The van der Waals surface area contributed by atoms with E-state index in [2.05, 4.69) is 17.2 Å². The van der Waals surface area contributed by atoms with Gasteiger partial charge in [-0.25, -0.2) is 0 Å². The predicted octanol–water partition coefficient (Wildman–Crippen LogP) is 1.08. The minimum Gasteiger partial charge on any atom is -0.317 e. The molecule has 0 aliphatic carbocycles. The molecular weight excluding hydrogens is 112 g/mol. The molecular formula is C7H16N2. The Morgan fingerprint density at radius 1 is 1.44 bits per heavy atom. The van der Waals surface area contributed by atoms with Crippen LogP contribution in [0.1, 0.15) is 20.3 Å². The maximum Gasteiger partial charge on any atom is 0.0357 e. The zero-order valence-electron chi connectivity index (χ0n) is 6.35. The Bertz CT molecular complexity index is 69.3. The predicted molar refractivity (Wildman–Crippen MR) is 42.2 cm³/mol. The molecule has 9 heavy (non-hydrogen) atoms. The van der Waals surface area contributed by atoms with Gasteiger partial charge in [0.1, 0.15) is 0 Å². The Morgan fingerprint density at radius 2 is 2.22 bits per heavy atom. The summed E-state index contributed by atoms with van der Waals surface area (Å²) in [5.41, 5.74) is 0. The van der Waals surface area contributed by atoms with Gasteiger partial charge in [0.05, 0.1) is 0 Å². The van der Waals surface area contributed by atoms with Crippen molar-refractivity contribution >= 4 is 6.21 Å². The van der Waals surface area contributed by atoms with Crippen molar-refractivity contribution in [2.75, 3.05) is 19.6 Å². The third-order valence-corrected chi connectivity index (χ3v) is 1.01. The van der Waals surface area contributed by atoms with Crippen LogP contribution in [0, 0.1) is 0 Å². The van der Waals surface area contributed by atoms with Crippen LogP contribution >= 0.6 is 0 Å². The summed E-state index contributed by atoms with van der Waals surface area (Å²) in [6, 6.07) is 0. The van der Waals surface area contributed by atoms with Crippen LogP contribution in [0.3, 0.4) is 0 Å². The van der Waals surface area contributed by atoms with Crippen LogP contribution in [0.25, 0.3) is 0 Å². The first kappa shape index (κ1) is 8.63. The Hall–Kier alpha value is -0.370. The molecule has 0 aromatic heterocycles. The summed E-state index contributed by atoms with van der Waals surface area (Å²) in [6.45, 7) is 7.17. The SMILES string of the molecule is CC/N=C\CCNCC. The molecule has 0 aliphatic heterocycles. The Kier molecular flexibility index (Phi) is 7.32. The summed E-state index contributed by atoms with van der Waals surface area (Å²) in [5.74, 6) is 0. The van der Waals surface area contributed by atoms with Crippen molar-refractivity contribution in [3.8, 4) is 0 Å². The van der Waals surface area contributed by atoms with Gasteiger partial charge in [-0.05, 0) is 26.1 Å². The number of aliphatic imine (C=N–C) groups is 1. The van der Waals surface area contributed by atoms with Crippen molar-refractivity contribution in [2.24, 2.45) is 4.99 Å². The van der Waals surface area contributed by atoms with Crippen molar-refractivity contribution in [1.82, 2.24) is 5.32 Å². The quantitative estimate of drug-likeness (QED) is 0.435. The molecule has 2 heteroatoms. The van der Waals surface area contributed by atoms with Gasteiger partial charge in [-0.3, -0.25) is 4.99 Å². The fraction of sp³-hybridized carbons (Fsp3) is 0.857. The van der Waals surface area contributed by atoms with E-state index < -0.39 is 0 Å². The fourth-order valence-electron chi connectivity index (χ4n) is 0.564. The maximum atomic E-state index is 4.08. The van der Waals surface area contributed by atoms with E-state index in [1.807, 2.05) is 13.1 Å². The van der Waals surface area contributed by atoms with E-state index in [1.54, 1.807) is 0 Å². The molecule has 0 spiro atoms. The maximum absolute atomic E-state index is 4.08. The molecule has 0 aromatic rings. The van der Waals surface area contributed by atoms with Crippen LogP contribution in [-0.2, 0) is 0 Å². The lowest BCUT2D eigenvalue weighted by Gasteiger charge is -1.93. The van der Waals surface area contributed by atoms with Crippen molar-refractivity contribution in [1.29, 1.82) is 0 Å². The number of nitrogens with one attached hydrogen (secondary N) is 1. The zero-order chi connectivity index (χ0) is 6.95. The number of nitrogens with zero attached hydrogens (tertiary/aromatic N) is 1. The first-order chi connectivity index (χ1) is 4.41. The molecule has 0 saturated heterocycles. The fourth-order valence-corrected chi connectivity index (χ4v) is 0.564. The molecule has 2 nitrogen and oxygen atoms in total. The smallest absolute Gasteiger partial charge is 0.0357 e. The van der Waals surface area contributed by atoms with Gasteiger partial charge in [-0.15, -0.1) is 0 Å². The van der Waals surface area contributed by atoms with Gasteiger partial charge in [0, 0.05) is 13.1 Å². The van der Waals surface area contributed by atoms with Crippen molar-refractivity contribution < 1.29 is 0 Å². The molecule has 0 aliphatic rings. The van der Waals surface area contributed by atoms with E-state index >= 15 is 0 Å². The van der Waals surface area contributed by atoms with Gasteiger partial charge in [-0.2, -0.15) is 0 Å². The lowest BCUT2D eigenvalue weighted by Crippen LogP contribution is -2.14. The molecule has 0 radical (unpaired) electrons. The topological polar surface area (TPSA) is 24.4 Å². The average molecular weight is 128 g/mol. The summed E-state index contributed by atoms with van der Waals surface area (Å²) in [6.07, 6.45) is 3.03. The van der Waals surface area contributed by atoms with Crippen LogP contribution in [-0.4, -0.2) is 25.8 Å². The molecule has 0 amide bonds. The highest BCUT2D eigenvalue weighted by Gasteiger charge is 1.77. The molecule has 54 valence electrons. The van der Waals surface area contributed by atoms with E-state index in [9.17, 15) is 0 Å². The zero-order valence-corrected chi connectivity index (χ0v) is 6.35. The number of hydrogen-bond acceptors (Lipinski definition) is 2. The lowest BCUT2D eigenvalue weighted by molar-refractivity contribution is 0.740. The van der Waals surface area contributed by atoms with Gasteiger partial charge >= 0.3 is 0 Å². The summed E-state index contributed by atoms with van der Waals surface area (Å²) in [4.78, 5) is 4.08. The van der Waals surface area contributed by atoms with Gasteiger partial charge in [0.25, 0.3) is 0 Å². The van der Waals surface area contributed by atoms with Crippen LogP contribution in [0.15, 0.2) is 4.99 Å². The second-order valence-corrected chi connectivity index (χ2v) is 1.82. The van der Waals surface area contributed by atoms with Gasteiger partial charge in [0.15, 0.2) is 0 Å². The summed E-state index contributed by atoms with van der Waals surface area (Å²) < 4.78 is 0. The third-order valence-electron chi connectivity index (χ3n) is 1.01. The van der Waals surface area contributed by atoms with E-state index in [4.69, 9.17) is 0 Å². The summed E-state index contributed by atoms with van der Waals surface area (Å²) >= 11 is 0. The third kappa shape index (κ3) is 7.63. The minimum absolute atomic E-state index is 0.909. The van der Waals surface area contributed by atoms with Gasteiger partial charge in [0.2, 0.25) is 0 Å². The van der Waals surface area contributed by atoms with E-state index in [0.29, 0.717) is 0 Å². The Morgan fingerprint density at radius 3 is 2.78 bits per heavy atom. The summed E-state index contributed by atoms with van der Waals surface area (Å²) in [7, 11) is 0. The highest BCUT2D eigenvalue weighted by atomic mass is 14.8.